The Bertz CT molecular complexity index is 579. The van der Waals surface area contributed by atoms with Crippen LogP contribution in [0.2, 0.25) is 0 Å². The van der Waals surface area contributed by atoms with Gasteiger partial charge in [-0.15, -0.1) is 24.0 Å². The molecule has 4 rings (SSSR count). The fourth-order valence-electron chi connectivity index (χ4n) is 4.68. The van der Waals surface area contributed by atoms with Crippen molar-refractivity contribution in [1.29, 1.82) is 0 Å². The van der Waals surface area contributed by atoms with Crippen molar-refractivity contribution in [2.24, 2.45) is 16.8 Å². The molecule has 2 aliphatic carbocycles. The molecule has 3 fully saturated rings. The van der Waals surface area contributed by atoms with Gasteiger partial charge >= 0.3 is 0 Å². The molecule has 0 bridgehead atoms. The number of hydrogen-bond donors (Lipinski definition) is 1. The Morgan fingerprint density at radius 2 is 2.00 bits per heavy atom. The molecule has 7 heteroatoms. The van der Waals surface area contributed by atoms with Gasteiger partial charge in [0.15, 0.2) is 5.96 Å². The summed E-state index contributed by atoms with van der Waals surface area (Å²) in [5.74, 6) is 2.99. The molecular weight excluding hydrogens is 453 g/mol. The number of hydrogen-bond acceptors (Lipinski definition) is 4. The second kappa shape index (κ2) is 10.1. The van der Waals surface area contributed by atoms with Gasteiger partial charge in [-0.25, -0.2) is 0 Å². The molecule has 2 unspecified atom stereocenters. The van der Waals surface area contributed by atoms with Crippen LogP contribution in [-0.4, -0.2) is 59.7 Å². The summed E-state index contributed by atoms with van der Waals surface area (Å²) in [6, 6.07) is 2.62. The second-order valence-electron chi connectivity index (χ2n) is 8.10. The van der Waals surface area contributed by atoms with Crippen LogP contribution in [0.25, 0.3) is 0 Å². The quantitative estimate of drug-likeness (QED) is 0.392. The zero-order chi connectivity index (χ0) is 17.8. The third-order valence-corrected chi connectivity index (χ3v) is 6.27. The first kappa shape index (κ1) is 20.9. The summed E-state index contributed by atoms with van der Waals surface area (Å²) in [4.78, 5) is 9.68. The molecule has 0 amide bonds. The number of nitrogens with zero attached hydrogens (tertiary/aromatic N) is 4. The van der Waals surface area contributed by atoms with Gasteiger partial charge in [-0.05, 0) is 25.2 Å². The Kier molecular flexibility index (Phi) is 7.81. The number of nitrogens with one attached hydrogen (secondary N) is 1. The molecule has 6 nitrogen and oxygen atoms in total. The number of aromatic nitrogens is 1. The average Bonchev–Trinajstić information content (AvgIpc) is 3.26. The van der Waals surface area contributed by atoms with Gasteiger partial charge < -0.3 is 14.7 Å². The van der Waals surface area contributed by atoms with Gasteiger partial charge in [0.25, 0.3) is 0 Å². The zero-order valence-electron chi connectivity index (χ0n) is 16.5. The van der Waals surface area contributed by atoms with E-state index in [0.717, 1.165) is 62.8 Å². The predicted octanol–water partition coefficient (Wildman–Crippen LogP) is 3.34. The molecule has 2 saturated carbocycles. The molecule has 152 valence electrons. The number of aliphatic imine (C=N–C) groups is 1. The van der Waals surface area contributed by atoms with Crippen LogP contribution >= 0.6 is 24.0 Å². The van der Waals surface area contributed by atoms with Crippen molar-refractivity contribution < 1.29 is 4.52 Å². The summed E-state index contributed by atoms with van der Waals surface area (Å²) < 4.78 is 4.94. The summed E-state index contributed by atoms with van der Waals surface area (Å²) >= 11 is 0. The SMILES string of the molecule is CCN=C(NC1CC1C1CCCCC1)N1CCN(Cc2ccon2)CC1.I. The van der Waals surface area contributed by atoms with Gasteiger partial charge in [0.05, 0.1) is 5.69 Å². The van der Waals surface area contributed by atoms with Crippen molar-refractivity contribution in [2.45, 2.75) is 58.0 Å². The van der Waals surface area contributed by atoms with Crippen molar-refractivity contribution in [1.82, 2.24) is 20.3 Å². The zero-order valence-corrected chi connectivity index (χ0v) is 18.8. The summed E-state index contributed by atoms with van der Waals surface area (Å²) in [5.41, 5.74) is 1.02. The molecule has 1 aromatic heterocycles. The third-order valence-electron chi connectivity index (χ3n) is 6.27. The van der Waals surface area contributed by atoms with Crippen LogP contribution in [0.3, 0.4) is 0 Å². The van der Waals surface area contributed by atoms with Crippen molar-refractivity contribution in [3.8, 4) is 0 Å². The largest absolute Gasteiger partial charge is 0.364 e. The Balaban J connectivity index is 0.00000210. The van der Waals surface area contributed by atoms with Crippen LogP contribution < -0.4 is 5.32 Å². The van der Waals surface area contributed by atoms with Crippen LogP contribution in [0.1, 0.15) is 51.1 Å². The highest BCUT2D eigenvalue weighted by Crippen LogP contribution is 2.44. The maximum absolute atomic E-state index is 4.94. The van der Waals surface area contributed by atoms with E-state index in [2.05, 4.69) is 27.2 Å². The first-order chi connectivity index (χ1) is 12.8. The first-order valence-corrected chi connectivity index (χ1v) is 10.5. The number of rotatable bonds is 5. The number of piperazine rings is 1. The molecule has 0 spiro atoms. The van der Waals surface area contributed by atoms with Gasteiger partial charge in [0.1, 0.15) is 6.26 Å². The number of halogens is 1. The maximum Gasteiger partial charge on any atom is 0.194 e. The van der Waals surface area contributed by atoms with Crippen molar-refractivity contribution in [3.05, 3.63) is 18.0 Å². The summed E-state index contributed by atoms with van der Waals surface area (Å²) in [5, 5.41) is 7.83. The third kappa shape index (κ3) is 5.59. The van der Waals surface area contributed by atoms with Crippen molar-refractivity contribution in [2.75, 3.05) is 32.7 Å². The summed E-state index contributed by atoms with van der Waals surface area (Å²) in [6.45, 7) is 8.03. The van der Waals surface area contributed by atoms with E-state index < -0.39 is 0 Å². The normalized spacial score (nSPS) is 27.3. The minimum Gasteiger partial charge on any atom is -0.364 e. The minimum atomic E-state index is 0. The Labute approximate surface area is 180 Å². The summed E-state index contributed by atoms with van der Waals surface area (Å²) in [6.07, 6.45) is 10.2. The van der Waals surface area contributed by atoms with Crippen molar-refractivity contribution in [3.63, 3.8) is 0 Å². The van der Waals surface area contributed by atoms with E-state index >= 15 is 0 Å². The molecule has 1 saturated heterocycles. The average molecular weight is 487 g/mol. The molecule has 1 N–H and O–H groups in total. The molecule has 2 atom stereocenters. The molecular formula is C20H34IN5O. The summed E-state index contributed by atoms with van der Waals surface area (Å²) in [7, 11) is 0. The van der Waals surface area contributed by atoms with E-state index in [1.165, 1.54) is 38.5 Å². The second-order valence-corrected chi connectivity index (χ2v) is 8.10. The highest BCUT2D eigenvalue weighted by Gasteiger charge is 2.43. The fourth-order valence-corrected chi connectivity index (χ4v) is 4.68. The first-order valence-electron chi connectivity index (χ1n) is 10.5. The smallest absolute Gasteiger partial charge is 0.194 e. The molecule has 1 aliphatic heterocycles. The van der Waals surface area contributed by atoms with Crippen LogP contribution in [0.5, 0.6) is 0 Å². The maximum atomic E-state index is 4.94. The van der Waals surface area contributed by atoms with Gasteiger partial charge in [-0.1, -0.05) is 37.3 Å². The topological polar surface area (TPSA) is 56.9 Å². The Morgan fingerprint density at radius 3 is 2.67 bits per heavy atom. The van der Waals surface area contributed by atoms with Crippen LogP contribution in [0.15, 0.2) is 21.8 Å². The van der Waals surface area contributed by atoms with E-state index in [9.17, 15) is 0 Å². The van der Waals surface area contributed by atoms with E-state index in [1.54, 1.807) is 6.26 Å². The molecule has 3 aliphatic rings. The van der Waals surface area contributed by atoms with Gasteiger partial charge in [-0.3, -0.25) is 9.89 Å². The molecule has 1 aromatic rings. The Morgan fingerprint density at radius 1 is 1.22 bits per heavy atom. The van der Waals surface area contributed by atoms with Crippen LogP contribution in [-0.2, 0) is 6.54 Å². The highest BCUT2D eigenvalue weighted by molar-refractivity contribution is 14.0. The molecule has 2 heterocycles. The molecule has 0 radical (unpaired) electrons. The predicted molar refractivity (Wildman–Crippen MR) is 118 cm³/mol. The van der Waals surface area contributed by atoms with E-state index in [4.69, 9.17) is 9.52 Å². The highest BCUT2D eigenvalue weighted by atomic mass is 127. The lowest BCUT2D eigenvalue weighted by Crippen LogP contribution is -2.52. The van der Waals surface area contributed by atoms with Gasteiger partial charge in [0.2, 0.25) is 0 Å². The minimum absolute atomic E-state index is 0. The number of guanidine groups is 1. The standard InChI is InChI=1S/C20H33N5O.HI/c1-2-21-20(22-19-14-18(19)16-6-4-3-5-7-16)25-11-9-24(10-12-25)15-17-8-13-26-23-17;/h8,13,16,18-19H,2-7,9-12,14-15H2,1H3,(H,21,22);1H. The molecule has 27 heavy (non-hydrogen) atoms. The Hall–Kier alpha value is -0.830. The van der Waals surface area contributed by atoms with E-state index in [-0.39, 0.29) is 24.0 Å². The van der Waals surface area contributed by atoms with E-state index in [0.29, 0.717) is 6.04 Å². The van der Waals surface area contributed by atoms with Crippen LogP contribution in [0, 0.1) is 11.8 Å². The molecule has 0 aromatic carbocycles. The fraction of sp³-hybridized carbons (Fsp3) is 0.800. The van der Waals surface area contributed by atoms with Crippen LogP contribution in [0.4, 0.5) is 0 Å². The van der Waals surface area contributed by atoms with Gasteiger partial charge in [0, 0.05) is 51.4 Å². The van der Waals surface area contributed by atoms with E-state index in [1.807, 2.05) is 6.07 Å². The monoisotopic (exact) mass is 487 g/mol. The van der Waals surface area contributed by atoms with Crippen molar-refractivity contribution >= 4 is 29.9 Å². The lowest BCUT2D eigenvalue weighted by molar-refractivity contribution is 0.168. The lowest BCUT2D eigenvalue weighted by Gasteiger charge is -2.36. The van der Waals surface area contributed by atoms with Gasteiger partial charge in [-0.2, -0.15) is 0 Å². The lowest BCUT2D eigenvalue weighted by atomic mass is 9.85.